The third-order valence-electron chi connectivity index (χ3n) is 2.15. The molecular formula is C10H6N3O4S-. The summed E-state index contributed by atoms with van der Waals surface area (Å²) in [6.07, 6.45) is 1.26. The van der Waals surface area contributed by atoms with Crippen LogP contribution in [0.3, 0.4) is 0 Å². The molecule has 92 valence electrons. The van der Waals surface area contributed by atoms with Crippen molar-refractivity contribution in [2.45, 2.75) is 0 Å². The van der Waals surface area contributed by atoms with Crippen LogP contribution in [-0.4, -0.2) is 16.0 Å². The Labute approximate surface area is 105 Å². The third-order valence-corrected chi connectivity index (χ3v) is 2.96. The first-order valence-electron chi connectivity index (χ1n) is 4.71. The number of thioether (sulfide) groups is 1. The van der Waals surface area contributed by atoms with Gasteiger partial charge in [0.05, 0.1) is 9.83 Å². The van der Waals surface area contributed by atoms with Crippen molar-refractivity contribution < 1.29 is 14.8 Å². The number of hydrogen-bond donors (Lipinski definition) is 1. The second-order valence-corrected chi connectivity index (χ2v) is 4.38. The van der Waals surface area contributed by atoms with Crippen molar-refractivity contribution in [3.63, 3.8) is 0 Å². The van der Waals surface area contributed by atoms with E-state index in [9.17, 15) is 20.0 Å². The lowest BCUT2D eigenvalue weighted by Gasteiger charge is -2.10. The van der Waals surface area contributed by atoms with E-state index in [0.717, 1.165) is 17.8 Å². The minimum Gasteiger partial charge on any atom is -0.867 e. The molecule has 0 unspecified atom stereocenters. The molecule has 1 aromatic rings. The minimum atomic E-state index is -0.765. The predicted molar refractivity (Wildman–Crippen MR) is 64.7 cm³/mol. The fraction of sp³-hybridized carbons (Fsp3) is 0. The van der Waals surface area contributed by atoms with Crippen LogP contribution in [-0.2, 0) is 4.79 Å². The molecule has 0 saturated heterocycles. The van der Waals surface area contributed by atoms with Crippen LogP contribution >= 0.6 is 11.8 Å². The number of rotatable bonds is 2. The molecule has 2 N–H and O–H groups in total. The molecule has 0 spiro atoms. The van der Waals surface area contributed by atoms with Crippen LogP contribution in [0.5, 0.6) is 5.75 Å². The van der Waals surface area contributed by atoms with E-state index in [0.29, 0.717) is 0 Å². The summed E-state index contributed by atoms with van der Waals surface area (Å²) >= 11 is 0.922. The molecule has 7 nitrogen and oxygen atoms in total. The maximum absolute atomic E-state index is 11.7. The summed E-state index contributed by atoms with van der Waals surface area (Å²) < 4.78 is 0. The van der Waals surface area contributed by atoms with E-state index in [4.69, 9.17) is 5.73 Å². The molecule has 0 saturated carbocycles. The number of nitro groups is 1. The van der Waals surface area contributed by atoms with Gasteiger partial charge in [-0.15, -0.1) is 0 Å². The molecule has 1 heterocycles. The molecule has 0 radical (unpaired) electrons. The van der Waals surface area contributed by atoms with Crippen LogP contribution in [0.2, 0.25) is 0 Å². The van der Waals surface area contributed by atoms with Crippen LogP contribution in [0.25, 0.3) is 6.08 Å². The van der Waals surface area contributed by atoms with Crippen LogP contribution in [0.15, 0.2) is 28.1 Å². The number of hydrogen-bond acceptors (Lipinski definition) is 6. The van der Waals surface area contributed by atoms with Gasteiger partial charge in [-0.1, -0.05) is 12.1 Å². The molecule has 0 bridgehead atoms. The van der Waals surface area contributed by atoms with Gasteiger partial charge in [0, 0.05) is 6.07 Å². The zero-order chi connectivity index (χ0) is 13.3. The molecule has 0 fully saturated rings. The maximum Gasteiger partial charge on any atom is 0.286 e. The summed E-state index contributed by atoms with van der Waals surface area (Å²) in [7, 11) is 0. The summed E-state index contributed by atoms with van der Waals surface area (Å²) in [5.74, 6) is -1.29. The van der Waals surface area contributed by atoms with Crippen molar-refractivity contribution in [2.24, 2.45) is 10.7 Å². The van der Waals surface area contributed by atoms with Gasteiger partial charge in [-0.25, -0.2) is 0 Å². The molecule has 1 aliphatic rings. The summed E-state index contributed by atoms with van der Waals surface area (Å²) in [4.78, 5) is 24.8. The molecule has 0 atom stereocenters. The first kappa shape index (κ1) is 12.1. The smallest absolute Gasteiger partial charge is 0.286 e. The van der Waals surface area contributed by atoms with Crippen molar-refractivity contribution in [3.05, 3.63) is 38.8 Å². The van der Waals surface area contributed by atoms with Gasteiger partial charge >= 0.3 is 0 Å². The molecule has 8 heteroatoms. The molecule has 1 aliphatic heterocycles. The average Bonchev–Trinajstić information content (AvgIpc) is 2.60. The van der Waals surface area contributed by atoms with Gasteiger partial charge in [-0.3, -0.25) is 14.9 Å². The highest BCUT2D eigenvalue weighted by Gasteiger charge is 2.20. The van der Waals surface area contributed by atoms with Gasteiger partial charge in [0.2, 0.25) is 0 Å². The van der Waals surface area contributed by atoms with E-state index in [2.05, 4.69) is 4.99 Å². The van der Waals surface area contributed by atoms with Gasteiger partial charge in [0.25, 0.3) is 11.6 Å². The highest BCUT2D eigenvalue weighted by molar-refractivity contribution is 8.18. The van der Waals surface area contributed by atoms with Gasteiger partial charge in [0.1, 0.15) is 0 Å². The van der Waals surface area contributed by atoms with Gasteiger partial charge < -0.3 is 10.8 Å². The van der Waals surface area contributed by atoms with Crippen molar-refractivity contribution in [1.82, 2.24) is 0 Å². The summed E-state index contributed by atoms with van der Waals surface area (Å²) in [5.41, 5.74) is 4.88. The Morgan fingerprint density at radius 2 is 2.17 bits per heavy atom. The highest BCUT2D eigenvalue weighted by Crippen LogP contribution is 2.32. The number of nitrogens with two attached hydrogens (primary N) is 1. The SMILES string of the molecule is NC1=NC(=O)/C(=C\c2cccc([N+](=O)[O-])c2[O-])S1. The Hall–Kier alpha value is -2.35. The molecular weight excluding hydrogens is 258 g/mol. The predicted octanol–water partition coefficient (Wildman–Crippen LogP) is 0.597. The topological polar surface area (TPSA) is 122 Å². The fourth-order valence-electron chi connectivity index (χ4n) is 1.37. The monoisotopic (exact) mass is 264 g/mol. The van der Waals surface area contributed by atoms with Crippen LogP contribution in [0.4, 0.5) is 5.69 Å². The Morgan fingerprint density at radius 3 is 2.72 bits per heavy atom. The Morgan fingerprint density at radius 1 is 1.44 bits per heavy atom. The van der Waals surface area contributed by atoms with Crippen LogP contribution in [0, 0.1) is 10.1 Å². The number of amides is 1. The molecule has 0 aliphatic carbocycles. The van der Waals surface area contributed by atoms with Gasteiger partial charge in [0.15, 0.2) is 5.17 Å². The van der Waals surface area contributed by atoms with Crippen LogP contribution in [0.1, 0.15) is 5.56 Å². The number of nitro benzene ring substituents is 1. The third kappa shape index (κ3) is 2.18. The molecule has 2 rings (SSSR count). The lowest BCUT2D eigenvalue weighted by molar-refractivity contribution is -0.398. The van der Waals surface area contributed by atoms with Crippen molar-refractivity contribution in [2.75, 3.05) is 0 Å². The van der Waals surface area contributed by atoms with Crippen LogP contribution < -0.4 is 10.8 Å². The first-order valence-corrected chi connectivity index (χ1v) is 5.53. The zero-order valence-corrected chi connectivity index (χ0v) is 9.64. The van der Waals surface area contributed by atoms with Crippen molar-refractivity contribution in [3.8, 4) is 5.75 Å². The number of para-hydroxylation sites is 1. The number of amidine groups is 1. The number of benzene rings is 1. The first-order chi connectivity index (χ1) is 8.49. The fourth-order valence-corrected chi connectivity index (χ4v) is 2.04. The Balaban J connectivity index is 2.42. The molecule has 18 heavy (non-hydrogen) atoms. The minimum absolute atomic E-state index is 0.0601. The molecule has 1 amide bonds. The maximum atomic E-state index is 11.7. The Bertz CT molecular complexity index is 609. The lowest BCUT2D eigenvalue weighted by atomic mass is 10.1. The van der Waals surface area contributed by atoms with Gasteiger partial charge in [-0.2, -0.15) is 4.99 Å². The van der Waals surface area contributed by atoms with E-state index in [-0.39, 0.29) is 15.6 Å². The average molecular weight is 264 g/mol. The van der Waals surface area contributed by atoms with E-state index in [1.165, 1.54) is 18.2 Å². The number of nitrogens with zero attached hydrogens (tertiary/aromatic N) is 2. The van der Waals surface area contributed by atoms with E-state index in [1.807, 2.05) is 0 Å². The quantitative estimate of drug-likeness (QED) is 0.474. The summed E-state index contributed by atoms with van der Waals surface area (Å²) in [5, 5.41) is 22.4. The second-order valence-electron chi connectivity index (χ2n) is 3.32. The summed E-state index contributed by atoms with van der Waals surface area (Å²) in [6.45, 7) is 0. The normalized spacial score (nSPS) is 17.0. The Kier molecular flexibility index (Phi) is 3.02. The van der Waals surface area contributed by atoms with E-state index in [1.54, 1.807) is 0 Å². The van der Waals surface area contributed by atoms with Gasteiger partial charge in [-0.05, 0) is 29.2 Å². The zero-order valence-electron chi connectivity index (χ0n) is 8.82. The molecule has 0 aromatic heterocycles. The van der Waals surface area contributed by atoms with E-state index < -0.39 is 22.3 Å². The number of carbonyl (C=O) groups is 1. The van der Waals surface area contributed by atoms with Crippen molar-refractivity contribution >= 4 is 34.6 Å². The molecule has 1 aromatic carbocycles. The largest absolute Gasteiger partial charge is 0.867 e. The number of carbonyl (C=O) groups excluding carboxylic acids is 1. The van der Waals surface area contributed by atoms with E-state index >= 15 is 0 Å². The lowest BCUT2D eigenvalue weighted by Crippen LogP contribution is -2.01. The highest BCUT2D eigenvalue weighted by atomic mass is 32.2. The van der Waals surface area contributed by atoms with Crippen molar-refractivity contribution in [1.29, 1.82) is 0 Å². The second kappa shape index (κ2) is 4.49. The standard InChI is InChI=1S/C10H7N3O4S/c11-10-12-9(15)7(18-10)4-5-2-1-3-6(8(5)14)13(16)17/h1-4,14H,(H2,11,12,15)/p-1/b7-4+. The summed E-state index contributed by atoms with van der Waals surface area (Å²) in [6, 6.07) is 3.88. The number of aliphatic imine (C=N–C) groups is 1.